The van der Waals surface area contributed by atoms with Crippen molar-refractivity contribution in [1.82, 2.24) is 14.9 Å². The maximum atomic E-state index is 4.65. The van der Waals surface area contributed by atoms with Gasteiger partial charge >= 0.3 is 0 Å². The second-order valence-corrected chi connectivity index (χ2v) is 10.0. The molecule has 156 valence electrons. The fourth-order valence-corrected chi connectivity index (χ4v) is 5.61. The highest BCUT2D eigenvalue weighted by atomic mass is 32.1. The highest BCUT2D eigenvalue weighted by Crippen LogP contribution is 2.31. The normalized spacial score (nSPS) is 16.7. The summed E-state index contributed by atoms with van der Waals surface area (Å²) in [4.78, 5) is 19.5. The van der Waals surface area contributed by atoms with Crippen LogP contribution in [-0.2, 0) is 0 Å². The zero-order valence-corrected chi connectivity index (χ0v) is 19.7. The van der Waals surface area contributed by atoms with Crippen LogP contribution in [0, 0.1) is 0 Å². The molecule has 7 heteroatoms. The van der Waals surface area contributed by atoms with Crippen LogP contribution in [-0.4, -0.2) is 60.7 Å². The maximum absolute atomic E-state index is 4.65. The van der Waals surface area contributed by atoms with Crippen molar-refractivity contribution in [3.63, 3.8) is 0 Å². The first kappa shape index (κ1) is 21.5. The van der Waals surface area contributed by atoms with Crippen LogP contribution in [0.15, 0.2) is 12.4 Å². The molecule has 0 N–H and O–H groups in total. The van der Waals surface area contributed by atoms with Gasteiger partial charge < -0.3 is 9.80 Å². The lowest BCUT2D eigenvalue weighted by atomic mass is 10.1. The Hall–Kier alpha value is -1.18. The third-order valence-corrected chi connectivity index (χ3v) is 8.28. The standard InChI is InChI=1S/C21H35N5S2/c1-6-25(7-2)20-23-15-19(28-20)17(5)8-9-24-10-12-26(13-11-24)21-22-14-18(27-21)16(3)4/h14-17H,6-13H2,1-5H3. The van der Waals surface area contributed by atoms with Gasteiger partial charge in [-0.15, -0.1) is 22.7 Å². The van der Waals surface area contributed by atoms with Crippen LogP contribution in [0.3, 0.4) is 0 Å². The van der Waals surface area contributed by atoms with E-state index in [-0.39, 0.29) is 0 Å². The molecule has 1 aliphatic heterocycles. The zero-order chi connectivity index (χ0) is 20.1. The van der Waals surface area contributed by atoms with E-state index < -0.39 is 0 Å². The highest BCUT2D eigenvalue weighted by molar-refractivity contribution is 7.16. The van der Waals surface area contributed by atoms with Crippen molar-refractivity contribution in [3.8, 4) is 0 Å². The van der Waals surface area contributed by atoms with Crippen molar-refractivity contribution < 1.29 is 0 Å². The molecule has 0 radical (unpaired) electrons. The molecule has 1 atom stereocenters. The second kappa shape index (κ2) is 10.0. The number of hydrogen-bond donors (Lipinski definition) is 0. The lowest BCUT2D eigenvalue weighted by Crippen LogP contribution is -2.46. The van der Waals surface area contributed by atoms with Crippen molar-refractivity contribution in [2.75, 3.05) is 55.6 Å². The molecule has 0 spiro atoms. The minimum atomic E-state index is 0.572. The third kappa shape index (κ3) is 5.24. The molecule has 3 heterocycles. The number of rotatable bonds is 9. The van der Waals surface area contributed by atoms with Gasteiger partial charge in [0, 0.05) is 61.4 Å². The van der Waals surface area contributed by atoms with E-state index in [0.717, 1.165) is 39.3 Å². The fraction of sp³-hybridized carbons (Fsp3) is 0.714. The average molecular weight is 422 g/mol. The number of anilines is 2. The first-order valence-corrected chi connectivity index (χ1v) is 12.3. The van der Waals surface area contributed by atoms with Crippen molar-refractivity contribution in [2.45, 2.75) is 52.9 Å². The summed E-state index contributed by atoms with van der Waals surface area (Å²) in [5.41, 5.74) is 0. The van der Waals surface area contributed by atoms with Gasteiger partial charge in [0.2, 0.25) is 0 Å². The topological polar surface area (TPSA) is 35.5 Å². The predicted octanol–water partition coefficient (Wildman–Crippen LogP) is 4.89. The van der Waals surface area contributed by atoms with Gasteiger partial charge in [-0.25, -0.2) is 9.97 Å². The average Bonchev–Trinajstić information content (AvgIpc) is 3.38. The molecule has 1 aliphatic rings. The Morgan fingerprint density at radius 3 is 2.25 bits per heavy atom. The number of nitrogens with zero attached hydrogens (tertiary/aromatic N) is 5. The molecule has 5 nitrogen and oxygen atoms in total. The Morgan fingerprint density at radius 1 is 0.964 bits per heavy atom. The lowest BCUT2D eigenvalue weighted by molar-refractivity contribution is 0.250. The summed E-state index contributed by atoms with van der Waals surface area (Å²) >= 11 is 3.73. The largest absolute Gasteiger partial charge is 0.349 e. The molecule has 0 aromatic carbocycles. The van der Waals surface area contributed by atoms with Gasteiger partial charge in [0.15, 0.2) is 10.3 Å². The van der Waals surface area contributed by atoms with Crippen LogP contribution in [0.1, 0.15) is 62.6 Å². The van der Waals surface area contributed by atoms with Gasteiger partial charge in [0.1, 0.15) is 0 Å². The van der Waals surface area contributed by atoms with Crippen LogP contribution in [0.5, 0.6) is 0 Å². The summed E-state index contributed by atoms with van der Waals surface area (Å²) in [6.45, 7) is 18.9. The monoisotopic (exact) mass is 421 g/mol. The van der Waals surface area contributed by atoms with Gasteiger partial charge in [0.05, 0.1) is 0 Å². The summed E-state index contributed by atoms with van der Waals surface area (Å²) in [5.74, 6) is 1.15. The van der Waals surface area contributed by atoms with Gasteiger partial charge in [-0.05, 0) is 38.6 Å². The van der Waals surface area contributed by atoms with Crippen LogP contribution >= 0.6 is 22.7 Å². The van der Waals surface area contributed by atoms with Crippen molar-refractivity contribution in [1.29, 1.82) is 0 Å². The Bertz CT molecular complexity index is 714. The summed E-state index contributed by atoms with van der Waals surface area (Å²) in [7, 11) is 0. The predicted molar refractivity (Wildman–Crippen MR) is 124 cm³/mol. The Labute approximate surface area is 178 Å². The van der Waals surface area contributed by atoms with Gasteiger partial charge in [-0.3, -0.25) is 4.90 Å². The van der Waals surface area contributed by atoms with E-state index in [1.807, 2.05) is 22.7 Å². The quantitative estimate of drug-likeness (QED) is 0.576. The number of thiazole rings is 2. The maximum Gasteiger partial charge on any atom is 0.185 e. The van der Waals surface area contributed by atoms with E-state index in [0.29, 0.717) is 11.8 Å². The molecule has 1 unspecified atom stereocenters. The van der Waals surface area contributed by atoms with Crippen molar-refractivity contribution in [3.05, 3.63) is 22.1 Å². The van der Waals surface area contributed by atoms with Crippen LogP contribution < -0.4 is 9.80 Å². The number of aromatic nitrogens is 2. The zero-order valence-electron chi connectivity index (χ0n) is 18.0. The van der Waals surface area contributed by atoms with Gasteiger partial charge in [0.25, 0.3) is 0 Å². The van der Waals surface area contributed by atoms with Crippen LogP contribution in [0.25, 0.3) is 0 Å². The molecule has 0 aliphatic carbocycles. The van der Waals surface area contributed by atoms with E-state index in [1.165, 1.54) is 33.0 Å². The molecule has 0 saturated carbocycles. The van der Waals surface area contributed by atoms with E-state index >= 15 is 0 Å². The first-order chi connectivity index (χ1) is 13.5. The fourth-order valence-electron chi connectivity index (χ4n) is 3.52. The molecule has 0 amide bonds. The summed E-state index contributed by atoms with van der Waals surface area (Å²) in [6, 6.07) is 0. The summed E-state index contributed by atoms with van der Waals surface area (Å²) in [6.07, 6.45) is 5.35. The number of piperazine rings is 1. The molecule has 1 fully saturated rings. The van der Waals surface area contributed by atoms with E-state index in [4.69, 9.17) is 0 Å². The van der Waals surface area contributed by atoms with Gasteiger partial charge in [-0.2, -0.15) is 0 Å². The first-order valence-electron chi connectivity index (χ1n) is 10.7. The van der Waals surface area contributed by atoms with Gasteiger partial charge in [-0.1, -0.05) is 20.8 Å². The molecule has 1 saturated heterocycles. The molecular formula is C21H35N5S2. The Morgan fingerprint density at radius 2 is 1.64 bits per heavy atom. The molecule has 3 rings (SSSR count). The van der Waals surface area contributed by atoms with E-state index in [2.05, 4.69) is 71.7 Å². The lowest BCUT2D eigenvalue weighted by Gasteiger charge is -2.35. The molecule has 2 aromatic rings. The van der Waals surface area contributed by atoms with Crippen molar-refractivity contribution >= 4 is 32.9 Å². The third-order valence-electron chi connectivity index (χ3n) is 5.63. The Kier molecular flexibility index (Phi) is 7.71. The smallest absolute Gasteiger partial charge is 0.185 e. The Balaban J connectivity index is 1.44. The highest BCUT2D eigenvalue weighted by Gasteiger charge is 2.21. The van der Waals surface area contributed by atoms with Crippen LogP contribution in [0.4, 0.5) is 10.3 Å². The molecule has 28 heavy (non-hydrogen) atoms. The molecular weight excluding hydrogens is 386 g/mol. The summed E-state index contributed by atoms with van der Waals surface area (Å²) in [5, 5.41) is 2.37. The number of hydrogen-bond acceptors (Lipinski definition) is 7. The molecule has 2 aromatic heterocycles. The van der Waals surface area contributed by atoms with Crippen molar-refractivity contribution in [2.24, 2.45) is 0 Å². The summed E-state index contributed by atoms with van der Waals surface area (Å²) < 4.78 is 0. The SMILES string of the molecule is CCN(CC)c1ncc(C(C)CCN2CCN(c3ncc(C(C)C)s3)CC2)s1. The van der Waals surface area contributed by atoms with E-state index in [1.54, 1.807) is 0 Å². The van der Waals surface area contributed by atoms with Crippen LogP contribution in [0.2, 0.25) is 0 Å². The second-order valence-electron chi connectivity index (χ2n) is 7.94. The minimum absolute atomic E-state index is 0.572. The van der Waals surface area contributed by atoms with E-state index in [9.17, 15) is 0 Å². The minimum Gasteiger partial charge on any atom is -0.349 e. The molecule has 0 bridgehead atoms.